The van der Waals surface area contributed by atoms with Gasteiger partial charge in [-0.25, -0.2) is 12.8 Å². The number of halogens is 1. The lowest BCUT2D eigenvalue weighted by molar-refractivity contribution is 0.102. The van der Waals surface area contributed by atoms with Crippen molar-refractivity contribution in [2.45, 2.75) is 11.3 Å². The van der Waals surface area contributed by atoms with Crippen molar-refractivity contribution in [3.8, 4) is 0 Å². The normalized spacial score (nSPS) is 11.3. The third kappa shape index (κ3) is 4.31. The fourth-order valence-corrected chi connectivity index (χ4v) is 2.83. The van der Waals surface area contributed by atoms with E-state index in [2.05, 4.69) is 15.5 Å². The second kappa shape index (κ2) is 7.04. The molecule has 0 fully saturated rings. The molecule has 0 aliphatic carbocycles. The summed E-state index contributed by atoms with van der Waals surface area (Å²) in [4.78, 5) is 12.2. The number of nitrogens with one attached hydrogen (secondary N) is 1. The molecule has 7 nitrogen and oxygen atoms in total. The summed E-state index contributed by atoms with van der Waals surface area (Å²) < 4.78 is 41.4. The Morgan fingerprint density at radius 2 is 1.88 bits per heavy atom. The molecule has 134 valence electrons. The lowest BCUT2D eigenvalue weighted by Crippen LogP contribution is -2.12. The molecule has 0 saturated heterocycles. The molecule has 3 aromatic rings. The molecule has 2 aromatic carbocycles. The van der Waals surface area contributed by atoms with Gasteiger partial charge in [0.1, 0.15) is 5.82 Å². The number of carbonyl (C=O) groups excluding carboxylic acids is 1. The van der Waals surface area contributed by atoms with Crippen LogP contribution in [0.2, 0.25) is 0 Å². The SMILES string of the molecule is CS(=O)(=O)c1ccc(Cc2nnc(NC(=O)c3cccc(F)c3)o2)cc1. The average Bonchev–Trinajstić information content (AvgIpc) is 3.01. The number of anilines is 1. The number of carbonyl (C=O) groups is 1. The number of hydrogen-bond donors (Lipinski definition) is 1. The predicted molar refractivity (Wildman–Crippen MR) is 91.0 cm³/mol. The number of hydrogen-bond acceptors (Lipinski definition) is 6. The minimum Gasteiger partial charge on any atom is -0.407 e. The van der Waals surface area contributed by atoms with E-state index in [-0.39, 0.29) is 28.8 Å². The third-order valence-electron chi connectivity index (χ3n) is 3.48. The van der Waals surface area contributed by atoms with Crippen LogP contribution in [0.15, 0.2) is 57.8 Å². The number of rotatable bonds is 5. The number of benzene rings is 2. The summed E-state index contributed by atoms with van der Waals surface area (Å²) >= 11 is 0. The minimum absolute atomic E-state index is 0.109. The largest absolute Gasteiger partial charge is 0.407 e. The minimum atomic E-state index is -3.26. The second-order valence-corrected chi connectivity index (χ2v) is 7.57. The van der Waals surface area contributed by atoms with Gasteiger partial charge in [0.2, 0.25) is 5.89 Å². The number of amides is 1. The molecule has 9 heteroatoms. The molecule has 0 spiro atoms. The van der Waals surface area contributed by atoms with Crippen molar-refractivity contribution in [2.75, 3.05) is 11.6 Å². The van der Waals surface area contributed by atoms with E-state index in [1.54, 1.807) is 12.1 Å². The van der Waals surface area contributed by atoms with Crippen LogP contribution in [0.5, 0.6) is 0 Å². The Balaban J connectivity index is 1.67. The van der Waals surface area contributed by atoms with Crippen molar-refractivity contribution >= 4 is 21.8 Å². The Hall–Kier alpha value is -3.07. The van der Waals surface area contributed by atoms with Crippen LogP contribution in [0.4, 0.5) is 10.4 Å². The van der Waals surface area contributed by atoms with Crippen LogP contribution >= 0.6 is 0 Å². The molecule has 0 atom stereocenters. The molecule has 3 rings (SSSR count). The molecule has 1 aromatic heterocycles. The molecule has 0 radical (unpaired) electrons. The van der Waals surface area contributed by atoms with Gasteiger partial charge in [-0.3, -0.25) is 10.1 Å². The summed E-state index contributed by atoms with van der Waals surface area (Å²) in [5.41, 5.74) is 0.894. The molecule has 0 bridgehead atoms. The van der Waals surface area contributed by atoms with Crippen molar-refractivity contribution < 1.29 is 22.0 Å². The van der Waals surface area contributed by atoms with Gasteiger partial charge in [0.05, 0.1) is 11.3 Å². The Labute approximate surface area is 148 Å². The van der Waals surface area contributed by atoms with Crippen molar-refractivity contribution in [1.29, 1.82) is 0 Å². The first-order chi connectivity index (χ1) is 12.3. The van der Waals surface area contributed by atoms with Gasteiger partial charge in [-0.15, -0.1) is 5.10 Å². The molecular formula is C17H14FN3O4S. The summed E-state index contributed by atoms with van der Waals surface area (Å²) in [7, 11) is -3.26. The zero-order chi connectivity index (χ0) is 18.7. The maximum Gasteiger partial charge on any atom is 0.322 e. The molecule has 0 aliphatic heterocycles. The second-order valence-electron chi connectivity index (χ2n) is 5.56. The Bertz CT molecular complexity index is 1050. The maximum atomic E-state index is 13.1. The van der Waals surface area contributed by atoms with Crippen LogP contribution in [0.25, 0.3) is 0 Å². The molecule has 1 heterocycles. The maximum absolute atomic E-state index is 13.1. The van der Waals surface area contributed by atoms with Gasteiger partial charge < -0.3 is 4.42 Å². The number of nitrogens with zero attached hydrogens (tertiary/aromatic N) is 2. The summed E-state index contributed by atoms with van der Waals surface area (Å²) in [6.07, 6.45) is 1.40. The van der Waals surface area contributed by atoms with Crippen molar-refractivity contribution in [2.24, 2.45) is 0 Å². The summed E-state index contributed by atoms with van der Waals surface area (Å²) in [5.74, 6) is -0.856. The van der Waals surface area contributed by atoms with Crippen LogP contribution in [0, 0.1) is 5.82 Å². The number of sulfone groups is 1. The van der Waals surface area contributed by atoms with Gasteiger partial charge in [0.15, 0.2) is 9.84 Å². The van der Waals surface area contributed by atoms with Crippen LogP contribution in [0.3, 0.4) is 0 Å². The Kier molecular flexibility index (Phi) is 4.81. The van der Waals surface area contributed by atoms with Crippen LogP contribution < -0.4 is 5.32 Å². The molecule has 1 amide bonds. The summed E-state index contributed by atoms with van der Waals surface area (Å²) in [6.45, 7) is 0. The fourth-order valence-electron chi connectivity index (χ4n) is 2.20. The zero-order valence-corrected chi connectivity index (χ0v) is 14.5. The van der Waals surface area contributed by atoms with E-state index in [1.165, 1.54) is 30.3 Å². The van der Waals surface area contributed by atoms with E-state index < -0.39 is 21.6 Å². The van der Waals surface area contributed by atoms with E-state index in [1.807, 2.05) is 0 Å². The first-order valence-corrected chi connectivity index (χ1v) is 9.39. The van der Waals surface area contributed by atoms with Crippen molar-refractivity contribution in [1.82, 2.24) is 10.2 Å². The number of aromatic nitrogens is 2. The highest BCUT2D eigenvalue weighted by atomic mass is 32.2. The van der Waals surface area contributed by atoms with Crippen LogP contribution in [-0.4, -0.2) is 30.8 Å². The Morgan fingerprint density at radius 1 is 1.15 bits per heavy atom. The molecule has 1 N–H and O–H groups in total. The van der Waals surface area contributed by atoms with Crippen LogP contribution in [-0.2, 0) is 16.3 Å². The first-order valence-electron chi connectivity index (χ1n) is 7.49. The molecule has 0 saturated carbocycles. The van der Waals surface area contributed by atoms with E-state index in [9.17, 15) is 17.6 Å². The topological polar surface area (TPSA) is 102 Å². The van der Waals surface area contributed by atoms with Gasteiger partial charge in [-0.2, -0.15) is 0 Å². The monoisotopic (exact) mass is 375 g/mol. The van der Waals surface area contributed by atoms with Gasteiger partial charge in [-0.05, 0) is 35.9 Å². The highest BCUT2D eigenvalue weighted by molar-refractivity contribution is 7.90. The van der Waals surface area contributed by atoms with Gasteiger partial charge >= 0.3 is 6.01 Å². The lowest BCUT2D eigenvalue weighted by atomic mass is 10.1. The lowest BCUT2D eigenvalue weighted by Gasteiger charge is -2.01. The standard InChI is InChI=1S/C17H14FN3O4S/c1-26(23,24)14-7-5-11(6-8-14)9-15-20-21-17(25-15)19-16(22)12-3-2-4-13(18)10-12/h2-8,10H,9H2,1H3,(H,19,21,22). The van der Waals surface area contributed by atoms with Gasteiger partial charge in [0.25, 0.3) is 5.91 Å². The summed E-state index contributed by atoms with van der Waals surface area (Å²) in [5, 5.41) is 9.94. The quantitative estimate of drug-likeness (QED) is 0.735. The average molecular weight is 375 g/mol. The van der Waals surface area contributed by atoms with Gasteiger partial charge in [0, 0.05) is 11.8 Å². The van der Waals surface area contributed by atoms with E-state index in [4.69, 9.17) is 4.42 Å². The van der Waals surface area contributed by atoms with E-state index in [0.29, 0.717) is 0 Å². The first kappa shape index (κ1) is 17.7. The molecule has 0 aliphatic rings. The fraction of sp³-hybridized carbons (Fsp3) is 0.118. The van der Waals surface area contributed by atoms with E-state index >= 15 is 0 Å². The Morgan fingerprint density at radius 3 is 2.54 bits per heavy atom. The third-order valence-corrected chi connectivity index (χ3v) is 4.61. The summed E-state index contributed by atoms with van der Waals surface area (Å²) in [6, 6.07) is 11.4. The smallest absolute Gasteiger partial charge is 0.322 e. The molecule has 26 heavy (non-hydrogen) atoms. The zero-order valence-electron chi connectivity index (χ0n) is 13.6. The van der Waals surface area contributed by atoms with Crippen molar-refractivity contribution in [3.63, 3.8) is 0 Å². The van der Waals surface area contributed by atoms with Crippen molar-refractivity contribution in [3.05, 3.63) is 71.4 Å². The van der Waals surface area contributed by atoms with E-state index in [0.717, 1.165) is 17.9 Å². The molecule has 0 unspecified atom stereocenters. The highest BCUT2D eigenvalue weighted by Crippen LogP contribution is 2.15. The molecular weight excluding hydrogens is 361 g/mol. The predicted octanol–water partition coefficient (Wildman–Crippen LogP) is 2.46. The highest BCUT2D eigenvalue weighted by Gasteiger charge is 2.13. The van der Waals surface area contributed by atoms with Crippen LogP contribution in [0.1, 0.15) is 21.8 Å². The van der Waals surface area contributed by atoms with Gasteiger partial charge in [-0.1, -0.05) is 23.3 Å².